The molecular weight excluding hydrogens is 396 g/mol. The summed E-state index contributed by atoms with van der Waals surface area (Å²) in [6.07, 6.45) is 0. The largest absolute Gasteiger partial charge is 0.337 e. The molecule has 29 heavy (non-hydrogen) atoms. The summed E-state index contributed by atoms with van der Waals surface area (Å²) in [6, 6.07) is 14.2. The van der Waals surface area contributed by atoms with Gasteiger partial charge in [-0.15, -0.1) is 0 Å². The predicted octanol–water partition coefficient (Wildman–Crippen LogP) is 2.88. The molecule has 0 aliphatic carbocycles. The van der Waals surface area contributed by atoms with Crippen LogP contribution in [0.2, 0.25) is 5.02 Å². The van der Waals surface area contributed by atoms with Crippen molar-refractivity contribution in [1.29, 1.82) is 0 Å². The number of para-hydroxylation sites is 1. The summed E-state index contributed by atoms with van der Waals surface area (Å²) in [5, 5.41) is 13.8. The Labute approximate surface area is 169 Å². The molecule has 0 N–H and O–H groups in total. The van der Waals surface area contributed by atoms with Gasteiger partial charge in [-0.05, 0) is 24.3 Å². The van der Waals surface area contributed by atoms with Crippen molar-refractivity contribution < 1.29 is 14.1 Å². The molecule has 9 nitrogen and oxygen atoms in total. The minimum absolute atomic E-state index is 0.0454. The lowest BCUT2D eigenvalue weighted by Gasteiger charge is -2.19. The summed E-state index contributed by atoms with van der Waals surface area (Å²) in [5.41, 5.74) is 1.14. The second-order valence-electron chi connectivity index (χ2n) is 6.53. The number of carbonyl (C=O) groups is 2. The number of anilines is 1. The van der Waals surface area contributed by atoms with Crippen molar-refractivity contribution >= 4 is 29.1 Å². The molecule has 1 saturated heterocycles. The number of benzene rings is 2. The molecule has 2 amide bonds. The van der Waals surface area contributed by atoms with Gasteiger partial charge in [0.25, 0.3) is 11.8 Å². The van der Waals surface area contributed by atoms with Gasteiger partial charge in [-0.25, -0.2) is 4.90 Å². The fraction of sp³-hybridized carbons (Fsp3) is 0.158. The monoisotopic (exact) mass is 408 g/mol. The SMILES string of the molecule is O=C1[C@H]2N=NN(Cc3nc(-c4ccccc4Cl)no3)[C@H]2C(=O)N1c1ccccc1. The van der Waals surface area contributed by atoms with E-state index in [9.17, 15) is 9.59 Å². The van der Waals surface area contributed by atoms with Crippen LogP contribution in [0.3, 0.4) is 0 Å². The van der Waals surface area contributed by atoms with Crippen LogP contribution in [0.25, 0.3) is 11.4 Å². The lowest BCUT2D eigenvalue weighted by molar-refractivity contribution is -0.123. The van der Waals surface area contributed by atoms with Crippen LogP contribution in [0, 0.1) is 0 Å². The number of imide groups is 1. The summed E-state index contributed by atoms with van der Waals surface area (Å²) in [5.74, 6) is -0.224. The van der Waals surface area contributed by atoms with E-state index in [0.717, 1.165) is 4.90 Å². The highest BCUT2D eigenvalue weighted by Gasteiger charge is 2.55. The van der Waals surface area contributed by atoms with Gasteiger partial charge in [0.15, 0.2) is 12.1 Å². The molecule has 2 aliphatic rings. The van der Waals surface area contributed by atoms with E-state index in [0.29, 0.717) is 22.1 Å². The Hall–Kier alpha value is -3.59. The van der Waals surface area contributed by atoms with E-state index in [1.54, 1.807) is 42.5 Å². The van der Waals surface area contributed by atoms with Gasteiger partial charge in [0.05, 0.1) is 10.7 Å². The predicted molar refractivity (Wildman–Crippen MR) is 102 cm³/mol. The van der Waals surface area contributed by atoms with E-state index < -0.39 is 18.0 Å². The van der Waals surface area contributed by atoms with E-state index in [4.69, 9.17) is 16.1 Å². The highest BCUT2D eigenvalue weighted by molar-refractivity contribution is 6.33. The van der Waals surface area contributed by atoms with Crippen molar-refractivity contribution in [3.05, 3.63) is 65.5 Å². The number of hydrogen-bond donors (Lipinski definition) is 0. The van der Waals surface area contributed by atoms with Crippen molar-refractivity contribution in [2.24, 2.45) is 10.3 Å². The summed E-state index contributed by atoms with van der Waals surface area (Å²) in [7, 11) is 0. The van der Waals surface area contributed by atoms with Gasteiger partial charge >= 0.3 is 0 Å². The number of halogens is 1. The summed E-state index contributed by atoms with van der Waals surface area (Å²) in [6.45, 7) is 0.0454. The quantitative estimate of drug-likeness (QED) is 0.615. The fourth-order valence-corrected chi connectivity index (χ4v) is 3.62. The molecule has 3 aromatic rings. The van der Waals surface area contributed by atoms with Crippen LogP contribution >= 0.6 is 11.6 Å². The van der Waals surface area contributed by atoms with Gasteiger partial charge in [0.2, 0.25) is 11.7 Å². The van der Waals surface area contributed by atoms with Crippen LogP contribution in [0.5, 0.6) is 0 Å². The summed E-state index contributed by atoms with van der Waals surface area (Å²) < 4.78 is 5.29. The van der Waals surface area contributed by atoms with Crippen LogP contribution < -0.4 is 4.90 Å². The normalized spacial score (nSPS) is 20.6. The van der Waals surface area contributed by atoms with E-state index in [-0.39, 0.29) is 18.3 Å². The Morgan fingerprint density at radius 2 is 1.76 bits per heavy atom. The van der Waals surface area contributed by atoms with Crippen LogP contribution in [0.4, 0.5) is 5.69 Å². The summed E-state index contributed by atoms with van der Waals surface area (Å²) >= 11 is 6.17. The van der Waals surface area contributed by atoms with Crippen molar-refractivity contribution in [3.63, 3.8) is 0 Å². The first-order valence-electron chi connectivity index (χ1n) is 8.81. The van der Waals surface area contributed by atoms with Crippen LogP contribution in [-0.2, 0) is 16.1 Å². The fourth-order valence-electron chi connectivity index (χ4n) is 3.39. The molecule has 0 radical (unpaired) electrons. The molecule has 1 fully saturated rings. The number of rotatable bonds is 4. The topological polar surface area (TPSA) is 104 Å². The lowest BCUT2D eigenvalue weighted by atomic mass is 10.1. The average molecular weight is 409 g/mol. The van der Waals surface area contributed by atoms with Gasteiger partial charge in [-0.1, -0.05) is 52.3 Å². The molecule has 5 rings (SSSR count). The Kier molecular flexibility index (Phi) is 4.09. The third-order valence-electron chi connectivity index (χ3n) is 4.75. The van der Waals surface area contributed by atoms with Gasteiger partial charge in [0, 0.05) is 5.56 Å². The first kappa shape index (κ1) is 17.5. The van der Waals surface area contributed by atoms with E-state index in [1.807, 2.05) is 12.1 Å². The lowest BCUT2D eigenvalue weighted by Crippen LogP contribution is -2.39. The number of fused-ring (bicyclic) bond motifs is 1. The van der Waals surface area contributed by atoms with Gasteiger partial charge < -0.3 is 4.52 Å². The van der Waals surface area contributed by atoms with E-state index >= 15 is 0 Å². The average Bonchev–Trinajstić information content (AvgIpc) is 3.42. The first-order chi connectivity index (χ1) is 14.1. The van der Waals surface area contributed by atoms with E-state index in [2.05, 4.69) is 20.5 Å². The van der Waals surface area contributed by atoms with Crippen molar-refractivity contribution in [1.82, 2.24) is 15.1 Å². The Morgan fingerprint density at radius 1 is 1.00 bits per heavy atom. The van der Waals surface area contributed by atoms with Crippen molar-refractivity contribution in [3.8, 4) is 11.4 Å². The zero-order valence-corrected chi connectivity index (χ0v) is 15.6. The molecule has 144 valence electrons. The zero-order chi connectivity index (χ0) is 20.0. The highest BCUT2D eigenvalue weighted by atomic mass is 35.5. The Balaban J connectivity index is 1.38. The molecule has 0 bridgehead atoms. The summed E-state index contributed by atoms with van der Waals surface area (Å²) in [4.78, 5) is 31.1. The number of nitrogens with zero attached hydrogens (tertiary/aromatic N) is 6. The minimum Gasteiger partial charge on any atom is -0.337 e. The molecule has 0 saturated carbocycles. The molecule has 3 heterocycles. The number of amides is 2. The molecule has 2 aliphatic heterocycles. The van der Waals surface area contributed by atoms with Crippen LogP contribution in [-0.4, -0.2) is 39.0 Å². The number of hydrogen-bond acceptors (Lipinski definition) is 8. The number of aromatic nitrogens is 2. The van der Waals surface area contributed by atoms with Gasteiger partial charge in [-0.2, -0.15) is 10.1 Å². The van der Waals surface area contributed by atoms with Crippen molar-refractivity contribution in [2.75, 3.05) is 4.90 Å². The van der Waals surface area contributed by atoms with Gasteiger partial charge in [-0.3, -0.25) is 14.6 Å². The third-order valence-corrected chi connectivity index (χ3v) is 5.08. The Morgan fingerprint density at radius 3 is 2.55 bits per heavy atom. The molecular formula is C19H13ClN6O3. The maximum Gasteiger partial charge on any atom is 0.263 e. The third kappa shape index (κ3) is 2.87. The smallest absolute Gasteiger partial charge is 0.263 e. The van der Waals surface area contributed by atoms with Crippen LogP contribution in [0.1, 0.15) is 5.89 Å². The van der Waals surface area contributed by atoms with Crippen molar-refractivity contribution in [2.45, 2.75) is 18.6 Å². The molecule has 10 heteroatoms. The molecule has 0 unspecified atom stereocenters. The zero-order valence-electron chi connectivity index (χ0n) is 14.8. The first-order valence-corrected chi connectivity index (χ1v) is 9.19. The van der Waals surface area contributed by atoms with Crippen LogP contribution in [0.15, 0.2) is 69.5 Å². The second-order valence-corrected chi connectivity index (χ2v) is 6.94. The second kappa shape index (κ2) is 6.78. The van der Waals surface area contributed by atoms with E-state index in [1.165, 1.54) is 5.01 Å². The molecule has 0 spiro atoms. The molecule has 1 aromatic heterocycles. The number of carbonyl (C=O) groups excluding carboxylic acids is 2. The molecule has 2 aromatic carbocycles. The molecule has 2 atom stereocenters. The highest BCUT2D eigenvalue weighted by Crippen LogP contribution is 2.33. The standard InChI is InChI=1S/C19H13ClN6O3/c20-13-9-5-4-8-12(13)17-21-14(29-23-17)10-25-16-15(22-24-25)18(27)26(19(16)28)11-6-2-1-3-7-11/h1-9,15-16H,10H2/t15-,16+/m0/s1. The Bertz CT molecular complexity index is 1130. The minimum atomic E-state index is -0.881. The maximum absolute atomic E-state index is 12.9. The maximum atomic E-state index is 12.9. The van der Waals surface area contributed by atoms with Gasteiger partial charge in [0.1, 0.15) is 6.54 Å².